The standard InChI is InChI=1S/C23H21F3N2O4/c1-11-9-27(6-5-19(11)29)21-12(2)20-14(8-17(21)26)22(30)15(23(31)32)10-28(20)18-4-3-13(24)7-16(18)25/h3-4,7-8,10-11,19,29H,5-6,9H2,1-2H3,(H,31,32). The zero-order valence-electron chi connectivity index (χ0n) is 17.4. The molecule has 2 atom stereocenters. The third kappa shape index (κ3) is 3.52. The van der Waals surface area contributed by atoms with Crippen LogP contribution in [0.4, 0.5) is 18.9 Å². The fraction of sp³-hybridized carbons (Fsp3) is 0.304. The summed E-state index contributed by atoms with van der Waals surface area (Å²) in [7, 11) is 0. The van der Waals surface area contributed by atoms with Crippen LogP contribution in [0.1, 0.15) is 29.3 Å². The lowest BCUT2D eigenvalue weighted by Gasteiger charge is -2.37. The number of anilines is 1. The topological polar surface area (TPSA) is 82.8 Å². The summed E-state index contributed by atoms with van der Waals surface area (Å²) in [6.07, 6.45) is 0.885. The molecule has 0 saturated carbocycles. The largest absolute Gasteiger partial charge is 0.477 e. The Morgan fingerprint density at radius 2 is 1.88 bits per heavy atom. The summed E-state index contributed by atoms with van der Waals surface area (Å²) in [5, 5.41) is 19.3. The molecule has 2 heterocycles. The number of halogens is 3. The number of aromatic carboxylic acids is 1. The fourth-order valence-electron chi connectivity index (χ4n) is 4.38. The van der Waals surface area contributed by atoms with Crippen LogP contribution in [0.15, 0.2) is 35.3 Å². The van der Waals surface area contributed by atoms with E-state index in [4.69, 9.17) is 0 Å². The third-order valence-corrected chi connectivity index (χ3v) is 6.03. The first-order valence-corrected chi connectivity index (χ1v) is 10.1. The number of hydrogen-bond acceptors (Lipinski definition) is 4. The summed E-state index contributed by atoms with van der Waals surface area (Å²) in [6, 6.07) is 3.74. The highest BCUT2D eigenvalue weighted by molar-refractivity contribution is 5.96. The first-order chi connectivity index (χ1) is 15.1. The highest BCUT2D eigenvalue weighted by Gasteiger charge is 2.29. The maximum absolute atomic E-state index is 15.2. The molecule has 0 spiro atoms. The van der Waals surface area contributed by atoms with Crippen LogP contribution < -0.4 is 10.3 Å². The number of fused-ring (bicyclic) bond motifs is 1. The van der Waals surface area contributed by atoms with E-state index in [-0.39, 0.29) is 28.2 Å². The van der Waals surface area contributed by atoms with Gasteiger partial charge in [-0.15, -0.1) is 0 Å². The van der Waals surface area contributed by atoms with Gasteiger partial charge in [0.15, 0.2) is 0 Å². The van der Waals surface area contributed by atoms with Crippen LogP contribution in [0.5, 0.6) is 0 Å². The summed E-state index contributed by atoms with van der Waals surface area (Å²) in [5.74, 6) is -4.17. The molecule has 2 aromatic carbocycles. The van der Waals surface area contributed by atoms with Crippen molar-refractivity contribution in [3.8, 4) is 5.69 Å². The van der Waals surface area contributed by atoms with Gasteiger partial charge in [0.2, 0.25) is 5.43 Å². The molecular formula is C23H21F3N2O4. The van der Waals surface area contributed by atoms with E-state index in [1.165, 1.54) is 0 Å². The maximum Gasteiger partial charge on any atom is 0.341 e. The number of hydrogen-bond donors (Lipinski definition) is 2. The maximum atomic E-state index is 15.2. The van der Waals surface area contributed by atoms with E-state index in [0.717, 1.165) is 29.0 Å². The van der Waals surface area contributed by atoms with Crippen molar-refractivity contribution in [3.63, 3.8) is 0 Å². The number of aromatic nitrogens is 1. The van der Waals surface area contributed by atoms with Crippen LogP contribution in [0.25, 0.3) is 16.6 Å². The number of nitrogens with zero attached hydrogens (tertiary/aromatic N) is 2. The predicted molar refractivity (Wildman–Crippen MR) is 113 cm³/mol. The highest BCUT2D eigenvalue weighted by Crippen LogP contribution is 2.35. The van der Waals surface area contributed by atoms with Crippen LogP contribution in [-0.4, -0.2) is 39.9 Å². The van der Waals surface area contributed by atoms with Crippen LogP contribution >= 0.6 is 0 Å². The summed E-state index contributed by atoms with van der Waals surface area (Å²) >= 11 is 0. The number of aliphatic hydroxyl groups is 1. The quantitative estimate of drug-likeness (QED) is 0.642. The number of benzene rings is 2. The van der Waals surface area contributed by atoms with E-state index >= 15 is 4.39 Å². The van der Waals surface area contributed by atoms with Crippen LogP contribution in [0.3, 0.4) is 0 Å². The molecule has 4 rings (SSSR count). The molecule has 2 unspecified atom stereocenters. The van der Waals surface area contributed by atoms with Gasteiger partial charge in [0.1, 0.15) is 23.0 Å². The Balaban J connectivity index is 2.07. The minimum atomic E-state index is -1.55. The number of piperidine rings is 1. The number of aryl methyl sites for hydroxylation is 1. The number of carbonyl (C=O) groups is 1. The van der Waals surface area contributed by atoms with Crippen molar-refractivity contribution >= 4 is 22.6 Å². The van der Waals surface area contributed by atoms with Crippen molar-refractivity contribution in [1.29, 1.82) is 0 Å². The third-order valence-electron chi connectivity index (χ3n) is 6.03. The van der Waals surface area contributed by atoms with Crippen molar-refractivity contribution < 1.29 is 28.2 Å². The Morgan fingerprint density at radius 1 is 1.16 bits per heavy atom. The smallest absolute Gasteiger partial charge is 0.341 e. The fourth-order valence-corrected chi connectivity index (χ4v) is 4.38. The lowest BCUT2D eigenvalue weighted by Crippen LogP contribution is -2.42. The molecule has 1 aromatic heterocycles. The Morgan fingerprint density at radius 3 is 2.50 bits per heavy atom. The monoisotopic (exact) mass is 446 g/mol. The van der Waals surface area contributed by atoms with Crippen molar-refractivity contribution in [2.45, 2.75) is 26.4 Å². The number of carboxylic acids is 1. The van der Waals surface area contributed by atoms with Crippen molar-refractivity contribution in [2.75, 3.05) is 18.0 Å². The van der Waals surface area contributed by atoms with Gasteiger partial charge < -0.3 is 19.7 Å². The molecule has 0 amide bonds. The SMILES string of the molecule is Cc1c(N2CCC(O)C(C)C2)c(F)cc2c(=O)c(C(=O)O)cn(-c3ccc(F)cc3F)c12. The van der Waals surface area contributed by atoms with Crippen molar-refractivity contribution in [2.24, 2.45) is 5.92 Å². The second kappa shape index (κ2) is 7.98. The number of carboxylic acid groups (broad SMARTS) is 1. The molecule has 1 fully saturated rings. The van der Waals surface area contributed by atoms with Gasteiger partial charge in [0, 0.05) is 30.9 Å². The summed E-state index contributed by atoms with van der Waals surface area (Å²) < 4.78 is 44.5. The van der Waals surface area contributed by atoms with Gasteiger partial charge in [0.25, 0.3) is 0 Å². The van der Waals surface area contributed by atoms with Gasteiger partial charge in [-0.25, -0.2) is 18.0 Å². The van der Waals surface area contributed by atoms with Crippen LogP contribution in [0, 0.1) is 30.3 Å². The van der Waals surface area contributed by atoms with Crippen LogP contribution in [-0.2, 0) is 0 Å². The van der Waals surface area contributed by atoms with E-state index < -0.39 is 40.5 Å². The Labute approximate surface area is 181 Å². The molecule has 0 bridgehead atoms. The van der Waals surface area contributed by atoms with Gasteiger partial charge in [0.05, 0.1) is 28.4 Å². The number of rotatable bonds is 3. The molecule has 2 N–H and O–H groups in total. The van der Waals surface area contributed by atoms with Crippen molar-refractivity contribution in [1.82, 2.24) is 4.57 Å². The molecule has 168 valence electrons. The van der Waals surface area contributed by atoms with E-state index in [2.05, 4.69) is 0 Å². The number of pyridine rings is 1. The minimum Gasteiger partial charge on any atom is -0.477 e. The van der Waals surface area contributed by atoms with E-state index in [1.54, 1.807) is 11.8 Å². The molecule has 0 radical (unpaired) electrons. The lowest BCUT2D eigenvalue weighted by atomic mass is 9.95. The van der Waals surface area contributed by atoms with Crippen LogP contribution in [0.2, 0.25) is 0 Å². The highest BCUT2D eigenvalue weighted by atomic mass is 19.1. The van der Waals surface area contributed by atoms with Gasteiger partial charge in [-0.2, -0.15) is 0 Å². The average molecular weight is 446 g/mol. The van der Waals surface area contributed by atoms with Gasteiger partial charge in [-0.1, -0.05) is 6.92 Å². The first-order valence-electron chi connectivity index (χ1n) is 10.1. The summed E-state index contributed by atoms with van der Waals surface area (Å²) in [5.41, 5.74) is -1.12. The Kier molecular flexibility index (Phi) is 5.46. The van der Waals surface area contributed by atoms with E-state index in [1.807, 2.05) is 6.92 Å². The zero-order chi connectivity index (χ0) is 23.3. The van der Waals surface area contributed by atoms with Crippen molar-refractivity contribution in [3.05, 3.63) is 69.3 Å². The zero-order valence-corrected chi connectivity index (χ0v) is 17.4. The molecular weight excluding hydrogens is 425 g/mol. The first kappa shape index (κ1) is 21.9. The molecule has 6 nitrogen and oxygen atoms in total. The van der Waals surface area contributed by atoms with Gasteiger partial charge in [-0.05, 0) is 37.5 Å². The lowest BCUT2D eigenvalue weighted by molar-refractivity contribution is 0.0695. The molecule has 32 heavy (non-hydrogen) atoms. The minimum absolute atomic E-state index is 0.121. The Bertz CT molecular complexity index is 1300. The summed E-state index contributed by atoms with van der Waals surface area (Å²) in [4.78, 5) is 26.2. The molecule has 9 heteroatoms. The van der Waals surface area contributed by atoms with Gasteiger partial charge >= 0.3 is 5.97 Å². The van der Waals surface area contributed by atoms with E-state index in [9.17, 15) is 28.6 Å². The molecule has 1 saturated heterocycles. The molecule has 1 aliphatic rings. The molecule has 0 aliphatic carbocycles. The van der Waals surface area contributed by atoms with E-state index in [0.29, 0.717) is 31.1 Å². The summed E-state index contributed by atoms with van der Waals surface area (Å²) in [6.45, 7) is 4.15. The Hall–Kier alpha value is -3.33. The second-order valence-corrected chi connectivity index (χ2v) is 8.15. The second-order valence-electron chi connectivity index (χ2n) is 8.15. The normalized spacial score (nSPS) is 18.9. The predicted octanol–water partition coefficient (Wildman–Crippen LogP) is 3.62. The van der Waals surface area contributed by atoms with Gasteiger partial charge in [-0.3, -0.25) is 4.79 Å². The molecule has 3 aromatic rings. The number of aliphatic hydroxyl groups excluding tert-OH is 1. The molecule has 1 aliphatic heterocycles. The average Bonchev–Trinajstić information content (AvgIpc) is 2.71.